The van der Waals surface area contributed by atoms with Gasteiger partial charge in [-0.1, -0.05) is 11.2 Å². The maximum atomic E-state index is 12.3. The van der Waals surface area contributed by atoms with Crippen LogP contribution in [-0.4, -0.2) is 29.1 Å². The molecule has 4 heterocycles. The molecule has 1 amide bonds. The van der Waals surface area contributed by atoms with Crippen LogP contribution in [0.2, 0.25) is 0 Å². The minimum Gasteiger partial charge on any atom is -0.355 e. The molecule has 2 N–H and O–H groups in total. The predicted molar refractivity (Wildman–Crippen MR) is 94.7 cm³/mol. The Labute approximate surface area is 146 Å². The molecule has 3 aromatic rings. The number of carbonyl (C=O) groups excluding carboxylic acids is 1. The van der Waals surface area contributed by atoms with E-state index in [9.17, 15) is 4.79 Å². The Hall–Kier alpha value is -2.03. The molecule has 0 spiro atoms. The topological polar surface area (TPSA) is 80.0 Å². The van der Waals surface area contributed by atoms with Crippen molar-refractivity contribution in [2.24, 2.45) is 0 Å². The van der Waals surface area contributed by atoms with Crippen LogP contribution >= 0.6 is 22.7 Å². The Morgan fingerprint density at radius 1 is 1.38 bits per heavy atom. The Morgan fingerprint density at radius 2 is 2.25 bits per heavy atom. The van der Waals surface area contributed by atoms with Gasteiger partial charge in [-0.2, -0.15) is 0 Å². The van der Waals surface area contributed by atoms with Crippen LogP contribution in [0.1, 0.15) is 34.1 Å². The second kappa shape index (κ2) is 6.84. The minimum absolute atomic E-state index is 0.261. The summed E-state index contributed by atoms with van der Waals surface area (Å²) in [5, 5.41) is 12.6. The van der Waals surface area contributed by atoms with Gasteiger partial charge in [-0.05, 0) is 43.3 Å². The molecule has 24 heavy (non-hydrogen) atoms. The number of thiophene rings is 1. The quantitative estimate of drug-likeness (QED) is 0.743. The zero-order chi connectivity index (χ0) is 16.4. The van der Waals surface area contributed by atoms with E-state index in [1.165, 1.54) is 16.2 Å². The average Bonchev–Trinajstić information content (AvgIpc) is 3.36. The summed E-state index contributed by atoms with van der Waals surface area (Å²) in [5.74, 6) is 0.837. The highest BCUT2D eigenvalue weighted by Crippen LogP contribution is 2.32. The Bertz CT molecular complexity index is 819. The zero-order valence-electron chi connectivity index (χ0n) is 12.8. The molecule has 6 nitrogen and oxygen atoms in total. The van der Waals surface area contributed by atoms with Gasteiger partial charge in [0.2, 0.25) is 0 Å². The van der Waals surface area contributed by atoms with Crippen LogP contribution in [0.15, 0.2) is 34.3 Å². The van der Waals surface area contributed by atoms with E-state index in [1.54, 1.807) is 17.4 Å². The van der Waals surface area contributed by atoms with Crippen molar-refractivity contribution in [2.45, 2.75) is 18.8 Å². The second-order valence-corrected chi connectivity index (χ2v) is 7.61. The lowest BCUT2D eigenvalue weighted by atomic mass is 9.97. The molecule has 1 aliphatic heterocycles. The van der Waals surface area contributed by atoms with E-state index in [4.69, 9.17) is 4.52 Å². The monoisotopic (exact) mass is 360 g/mol. The number of hydrogen-bond acceptors (Lipinski definition) is 7. The summed E-state index contributed by atoms with van der Waals surface area (Å²) in [6.07, 6.45) is 4.10. The first-order valence-electron chi connectivity index (χ1n) is 7.78. The number of anilines is 1. The summed E-state index contributed by atoms with van der Waals surface area (Å²) in [6, 6.07) is 5.52. The molecule has 1 saturated heterocycles. The van der Waals surface area contributed by atoms with Gasteiger partial charge in [-0.15, -0.1) is 22.7 Å². The Kier molecular flexibility index (Phi) is 4.42. The van der Waals surface area contributed by atoms with Crippen molar-refractivity contribution >= 4 is 33.7 Å². The SMILES string of the molecule is O=C(Nc1ncc(C2CCNCC2)s1)c1cc(-c2cccs2)on1. The van der Waals surface area contributed by atoms with Gasteiger partial charge in [-0.25, -0.2) is 4.98 Å². The number of piperidine rings is 1. The van der Waals surface area contributed by atoms with Crippen LogP contribution in [0.4, 0.5) is 5.13 Å². The van der Waals surface area contributed by atoms with Gasteiger partial charge < -0.3 is 9.84 Å². The highest BCUT2D eigenvalue weighted by molar-refractivity contribution is 7.15. The fraction of sp³-hybridized carbons (Fsp3) is 0.312. The number of rotatable bonds is 4. The smallest absolute Gasteiger partial charge is 0.279 e. The number of aromatic nitrogens is 2. The molecular weight excluding hydrogens is 344 g/mol. The van der Waals surface area contributed by atoms with Gasteiger partial charge in [0.05, 0.1) is 4.88 Å². The lowest BCUT2D eigenvalue weighted by Crippen LogP contribution is -2.26. The van der Waals surface area contributed by atoms with E-state index in [0.29, 0.717) is 16.8 Å². The summed E-state index contributed by atoms with van der Waals surface area (Å²) in [6.45, 7) is 2.07. The minimum atomic E-state index is -0.298. The van der Waals surface area contributed by atoms with Crippen molar-refractivity contribution in [3.05, 3.63) is 40.3 Å². The predicted octanol–water partition coefficient (Wildman–Crippen LogP) is 3.58. The standard InChI is InChI=1S/C16H16N4O2S2/c21-15(11-8-12(22-20-11)13-2-1-7-23-13)19-16-18-9-14(24-16)10-3-5-17-6-4-10/h1-2,7-10,17H,3-6H2,(H,18,19,21). The molecule has 0 saturated carbocycles. The first kappa shape index (κ1) is 15.5. The van der Waals surface area contributed by atoms with Crippen LogP contribution < -0.4 is 10.6 Å². The van der Waals surface area contributed by atoms with Gasteiger partial charge in [-0.3, -0.25) is 10.1 Å². The molecule has 0 aliphatic carbocycles. The summed E-state index contributed by atoms with van der Waals surface area (Å²) in [7, 11) is 0. The van der Waals surface area contributed by atoms with Gasteiger partial charge in [0, 0.05) is 17.1 Å². The number of thiazole rings is 1. The Balaban J connectivity index is 1.43. The van der Waals surface area contributed by atoms with E-state index in [1.807, 2.05) is 23.7 Å². The lowest BCUT2D eigenvalue weighted by Gasteiger charge is -2.20. The molecular formula is C16H16N4O2S2. The van der Waals surface area contributed by atoms with E-state index in [2.05, 4.69) is 20.8 Å². The molecule has 3 aromatic heterocycles. The van der Waals surface area contributed by atoms with Crippen LogP contribution in [0.5, 0.6) is 0 Å². The molecule has 0 aromatic carbocycles. The zero-order valence-corrected chi connectivity index (χ0v) is 14.5. The van der Waals surface area contributed by atoms with Gasteiger partial charge >= 0.3 is 0 Å². The summed E-state index contributed by atoms with van der Waals surface area (Å²) in [4.78, 5) is 18.8. The normalized spacial score (nSPS) is 15.5. The maximum Gasteiger partial charge on any atom is 0.279 e. The van der Waals surface area contributed by atoms with Gasteiger partial charge in [0.25, 0.3) is 5.91 Å². The molecule has 1 fully saturated rings. The fourth-order valence-corrected chi connectivity index (χ4v) is 4.37. The summed E-state index contributed by atoms with van der Waals surface area (Å²) < 4.78 is 5.24. The third-order valence-corrected chi connectivity index (χ3v) is 5.95. The molecule has 124 valence electrons. The van der Waals surface area contributed by atoms with E-state index < -0.39 is 0 Å². The third-order valence-electron chi connectivity index (χ3n) is 3.99. The molecule has 0 bridgehead atoms. The molecule has 0 unspecified atom stereocenters. The van der Waals surface area contributed by atoms with Crippen molar-refractivity contribution < 1.29 is 9.32 Å². The highest BCUT2D eigenvalue weighted by Gasteiger charge is 2.20. The largest absolute Gasteiger partial charge is 0.355 e. The number of nitrogens with zero attached hydrogens (tertiary/aromatic N) is 2. The summed E-state index contributed by atoms with van der Waals surface area (Å²) >= 11 is 3.08. The van der Waals surface area contributed by atoms with Crippen molar-refractivity contribution in [1.29, 1.82) is 0 Å². The molecule has 0 radical (unpaired) electrons. The van der Waals surface area contributed by atoms with Crippen molar-refractivity contribution in [3.8, 4) is 10.6 Å². The van der Waals surface area contributed by atoms with Gasteiger partial charge in [0.1, 0.15) is 0 Å². The molecule has 1 aliphatic rings. The van der Waals surface area contributed by atoms with E-state index in [-0.39, 0.29) is 11.6 Å². The third kappa shape index (κ3) is 3.26. The average molecular weight is 360 g/mol. The molecule has 8 heteroatoms. The number of nitrogens with one attached hydrogen (secondary N) is 2. The van der Waals surface area contributed by atoms with Crippen LogP contribution in [0, 0.1) is 0 Å². The maximum absolute atomic E-state index is 12.3. The van der Waals surface area contributed by atoms with Gasteiger partial charge in [0.15, 0.2) is 16.6 Å². The van der Waals surface area contributed by atoms with Crippen LogP contribution in [0.3, 0.4) is 0 Å². The number of carbonyl (C=O) groups is 1. The van der Waals surface area contributed by atoms with Crippen LogP contribution in [-0.2, 0) is 0 Å². The second-order valence-electron chi connectivity index (χ2n) is 5.60. The molecule has 4 rings (SSSR count). The van der Waals surface area contributed by atoms with Crippen molar-refractivity contribution in [1.82, 2.24) is 15.5 Å². The van der Waals surface area contributed by atoms with Crippen molar-refractivity contribution in [2.75, 3.05) is 18.4 Å². The molecule has 0 atom stereocenters. The van der Waals surface area contributed by atoms with E-state index >= 15 is 0 Å². The first-order valence-corrected chi connectivity index (χ1v) is 9.47. The lowest BCUT2D eigenvalue weighted by molar-refractivity contribution is 0.101. The fourth-order valence-electron chi connectivity index (χ4n) is 2.72. The Morgan fingerprint density at radius 3 is 3.04 bits per heavy atom. The number of amides is 1. The highest BCUT2D eigenvalue weighted by atomic mass is 32.1. The first-order chi connectivity index (χ1) is 11.8. The summed E-state index contributed by atoms with van der Waals surface area (Å²) in [5.41, 5.74) is 0.261. The van der Waals surface area contributed by atoms with Crippen molar-refractivity contribution in [3.63, 3.8) is 0 Å². The van der Waals surface area contributed by atoms with E-state index in [0.717, 1.165) is 30.8 Å². The van der Waals surface area contributed by atoms with Crippen LogP contribution in [0.25, 0.3) is 10.6 Å². The number of hydrogen-bond donors (Lipinski definition) is 2.